The van der Waals surface area contributed by atoms with E-state index < -0.39 is 47.3 Å². The third-order valence-corrected chi connectivity index (χ3v) is 10.7. The predicted octanol–water partition coefficient (Wildman–Crippen LogP) is 2.43. The van der Waals surface area contributed by atoms with Gasteiger partial charge < -0.3 is 31.7 Å². The van der Waals surface area contributed by atoms with Gasteiger partial charge in [-0.3, -0.25) is 29.0 Å². The van der Waals surface area contributed by atoms with E-state index in [1.165, 1.54) is 0 Å². The molecule has 1 aromatic rings. The number of ether oxygens (including phenoxy) is 1. The molecule has 0 radical (unpaired) electrons. The first-order chi connectivity index (χ1) is 22.4. The second kappa shape index (κ2) is 19.2. The largest absolute Gasteiger partial charge is 0.381 e. The summed E-state index contributed by atoms with van der Waals surface area (Å²) in [4.78, 5) is 71.5. The second-order valence-corrected chi connectivity index (χ2v) is 15.1. The Kier molecular flexibility index (Phi) is 15.8. The molecule has 3 heterocycles. The highest BCUT2D eigenvalue weighted by atomic mass is 32.2. The number of aromatic nitrogens is 1. The Bertz CT molecular complexity index is 1230. The number of amides is 5. The summed E-state index contributed by atoms with van der Waals surface area (Å²) >= 11 is 3.29. The summed E-state index contributed by atoms with van der Waals surface area (Å²) in [5, 5.41) is 11.5. The van der Waals surface area contributed by atoms with Crippen LogP contribution in [-0.4, -0.2) is 82.9 Å². The fourth-order valence-electron chi connectivity index (χ4n) is 5.54. The molecule has 14 heteroatoms. The third-order valence-electron chi connectivity index (χ3n) is 8.55. The van der Waals surface area contributed by atoms with Gasteiger partial charge in [0.25, 0.3) is 0 Å². The van der Waals surface area contributed by atoms with Crippen LogP contribution in [0, 0.1) is 11.8 Å². The van der Waals surface area contributed by atoms with Gasteiger partial charge in [-0.2, -0.15) is 23.5 Å². The molecule has 0 aromatic carbocycles. The van der Waals surface area contributed by atoms with Crippen molar-refractivity contribution in [2.75, 3.05) is 24.7 Å². The number of primary amides is 1. The summed E-state index contributed by atoms with van der Waals surface area (Å²) in [6.45, 7) is 8.23. The van der Waals surface area contributed by atoms with Crippen molar-refractivity contribution in [2.45, 2.75) is 108 Å². The molecule has 12 nitrogen and oxygen atoms in total. The van der Waals surface area contributed by atoms with E-state index in [0.29, 0.717) is 56.2 Å². The first-order valence-electron chi connectivity index (χ1n) is 16.6. The SMILES string of the molecule is CC[C@H](C)[C@@H]1NC(=O)[C@H](CC(C)C)NC(=O)C2(CCOCC2)NC(=O)CCCSCc2cccc(n2)CSCC[C@@H](C(N)=O)NC1=O. The molecule has 2 bridgehead atoms. The smallest absolute Gasteiger partial charge is 0.246 e. The van der Waals surface area contributed by atoms with Crippen molar-refractivity contribution in [3.05, 3.63) is 29.6 Å². The zero-order valence-corrected chi connectivity index (χ0v) is 29.7. The van der Waals surface area contributed by atoms with E-state index in [-0.39, 0.29) is 37.0 Å². The van der Waals surface area contributed by atoms with Crippen LogP contribution in [0.1, 0.15) is 84.0 Å². The van der Waals surface area contributed by atoms with E-state index in [1.807, 2.05) is 45.9 Å². The van der Waals surface area contributed by atoms with Crippen LogP contribution < -0.4 is 27.0 Å². The number of carbonyl (C=O) groups is 5. The van der Waals surface area contributed by atoms with Gasteiger partial charge in [-0.1, -0.05) is 40.2 Å². The number of hydrogen-bond donors (Lipinski definition) is 5. The maximum Gasteiger partial charge on any atom is 0.246 e. The average molecular weight is 693 g/mol. The fraction of sp³-hybridized carbons (Fsp3) is 0.697. The lowest BCUT2D eigenvalue weighted by Crippen LogP contribution is -2.65. The quantitative estimate of drug-likeness (QED) is 0.310. The number of nitrogens with two attached hydrogens (primary N) is 1. The van der Waals surface area contributed by atoms with Crippen LogP contribution in [0.15, 0.2) is 18.2 Å². The van der Waals surface area contributed by atoms with Crippen LogP contribution in [0.2, 0.25) is 0 Å². The Morgan fingerprint density at radius 2 is 1.66 bits per heavy atom. The zero-order chi connectivity index (χ0) is 34.4. The standard InChI is InChI=1S/C33H52N6O6S2/c1-5-22(4)28-31(43)36-25(29(34)41)11-17-47-20-24-9-6-8-23(35-24)19-46-16-7-10-27(40)39-33(12-14-45-15-13-33)32(44)37-26(18-21(2)3)30(42)38-28/h6,8-9,21-22,25-26,28H,5,7,10-20H2,1-4H3,(H2,34,41)(H,36,43)(H,37,44)(H,38,42)(H,39,40)/t22-,25-,26-,28-/m0/s1. The highest BCUT2D eigenvalue weighted by Gasteiger charge is 2.43. The van der Waals surface area contributed by atoms with E-state index in [2.05, 4.69) is 21.3 Å². The fourth-order valence-corrected chi connectivity index (χ4v) is 7.32. The zero-order valence-electron chi connectivity index (χ0n) is 28.1. The molecule has 1 aromatic heterocycles. The molecule has 5 amide bonds. The molecule has 0 saturated carbocycles. The van der Waals surface area contributed by atoms with Gasteiger partial charge in [0.05, 0.1) is 11.4 Å². The van der Waals surface area contributed by atoms with Crippen molar-refractivity contribution in [2.24, 2.45) is 17.6 Å². The summed E-state index contributed by atoms with van der Waals surface area (Å²) in [5.74, 6) is 0.0946. The number of nitrogens with zero attached hydrogens (tertiary/aromatic N) is 1. The van der Waals surface area contributed by atoms with Crippen molar-refractivity contribution in [3.8, 4) is 0 Å². The molecule has 1 saturated heterocycles. The summed E-state index contributed by atoms with van der Waals surface area (Å²) in [6, 6.07) is 3.08. The van der Waals surface area contributed by atoms with Gasteiger partial charge in [0.1, 0.15) is 23.7 Å². The van der Waals surface area contributed by atoms with E-state index in [0.717, 1.165) is 17.1 Å². The molecule has 0 unspecified atom stereocenters. The molecule has 6 N–H and O–H groups in total. The van der Waals surface area contributed by atoms with Crippen LogP contribution in [0.5, 0.6) is 0 Å². The van der Waals surface area contributed by atoms with E-state index >= 15 is 0 Å². The molecule has 2 aliphatic heterocycles. The minimum absolute atomic E-state index is 0.0417. The molecule has 262 valence electrons. The van der Waals surface area contributed by atoms with Gasteiger partial charge in [0.15, 0.2) is 0 Å². The first-order valence-corrected chi connectivity index (χ1v) is 18.9. The number of fused-ring (bicyclic) bond motifs is 2. The average Bonchev–Trinajstić information content (AvgIpc) is 3.03. The monoisotopic (exact) mass is 692 g/mol. The minimum Gasteiger partial charge on any atom is -0.381 e. The number of hydrogen-bond acceptors (Lipinski definition) is 9. The Morgan fingerprint density at radius 3 is 2.28 bits per heavy atom. The highest BCUT2D eigenvalue weighted by molar-refractivity contribution is 7.98. The van der Waals surface area contributed by atoms with Crippen molar-refractivity contribution < 1.29 is 28.7 Å². The van der Waals surface area contributed by atoms with Gasteiger partial charge in [-0.25, -0.2) is 0 Å². The van der Waals surface area contributed by atoms with Crippen molar-refractivity contribution in [3.63, 3.8) is 0 Å². The number of thioether (sulfide) groups is 2. The van der Waals surface area contributed by atoms with Crippen molar-refractivity contribution in [1.29, 1.82) is 0 Å². The lowest BCUT2D eigenvalue weighted by atomic mass is 9.87. The van der Waals surface area contributed by atoms with Crippen LogP contribution >= 0.6 is 23.5 Å². The summed E-state index contributed by atoms with van der Waals surface area (Å²) in [7, 11) is 0. The third kappa shape index (κ3) is 12.3. The Morgan fingerprint density at radius 1 is 1.00 bits per heavy atom. The molecule has 2 aliphatic rings. The predicted molar refractivity (Wildman–Crippen MR) is 185 cm³/mol. The number of carbonyl (C=O) groups excluding carboxylic acids is 5. The highest BCUT2D eigenvalue weighted by Crippen LogP contribution is 2.23. The molecule has 1 spiro atoms. The summed E-state index contributed by atoms with van der Waals surface area (Å²) in [6.07, 6.45) is 2.69. The van der Waals surface area contributed by atoms with Gasteiger partial charge in [0.2, 0.25) is 29.5 Å². The number of pyridine rings is 1. The second-order valence-electron chi connectivity index (χ2n) is 12.9. The van der Waals surface area contributed by atoms with E-state index in [4.69, 9.17) is 15.5 Å². The van der Waals surface area contributed by atoms with Crippen LogP contribution in [0.3, 0.4) is 0 Å². The summed E-state index contributed by atoms with van der Waals surface area (Å²) in [5.41, 5.74) is 6.33. The molecule has 1 fully saturated rings. The molecule has 4 atom stereocenters. The van der Waals surface area contributed by atoms with Crippen molar-refractivity contribution >= 4 is 53.1 Å². The van der Waals surface area contributed by atoms with Crippen LogP contribution in [0.25, 0.3) is 0 Å². The molecule has 47 heavy (non-hydrogen) atoms. The van der Waals surface area contributed by atoms with Gasteiger partial charge in [0, 0.05) is 44.0 Å². The van der Waals surface area contributed by atoms with Gasteiger partial charge in [-0.15, -0.1) is 0 Å². The van der Waals surface area contributed by atoms with Gasteiger partial charge in [-0.05, 0) is 54.7 Å². The van der Waals surface area contributed by atoms with E-state index in [9.17, 15) is 24.0 Å². The Hall–Kier alpha value is -2.84. The Balaban J connectivity index is 1.88. The normalized spacial score (nSPS) is 25.1. The topological polar surface area (TPSA) is 182 Å². The maximum atomic E-state index is 13.9. The maximum absolute atomic E-state index is 13.9. The van der Waals surface area contributed by atoms with Crippen LogP contribution in [0.4, 0.5) is 0 Å². The van der Waals surface area contributed by atoms with Crippen LogP contribution in [-0.2, 0) is 40.2 Å². The number of rotatable bonds is 5. The Labute approximate surface area is 287 Å². The first kappa shape index (κ1) is 38.6. The molecule has 3 rings (SSSR count). The minimum atomic E-state index is -1.21. The lowest BCUT2D eigenvalue weighted by Gasteiger charge is -2.38. The molecular weight excluding hydrogens is 641 g/mol. The van der Waals surface area contributed by atoms with Crippen molar-refractivity contribution in [1.82, 2.24) is 26.3 Å². The van der Waals surface area contributed by atoms with Gasteiger partial charge >= 0.3 is 0 Å². The summed E-state index contributed by atoms with van der Waals surface area (Å²) < 4.78 is 5.53. The molecule has 0 aliphatic carbocycles. The van der Waals surface area contributed by atoms with E-state index in [1.54, 1.807) is 23.5 Å². The molecular formula is C33H52N6O6S2. The number of nitrogens with one attached hydrogen (secondary N) is 4. The lowest BCUT2D eigenvalue weighted by molar-refractivity contribution is -0.140.